The molecule has 0 saturated carbocycles. The second kappa shape index (κ2) is 9.01. The van der Waals surface area contributed by atoms with Crippen LogP contribution >= 0.6 is 11.3 Å². The zero-order chi connectivity index (χ0) is 19.2. The number of nitrogens with zero attached hydrogens (tertiary/aromatic N) is 3. The van der Waals surface area contributed by atoms with Gasteiger partial charge < -0.3 is 10.1 Å². The van der Waals surface area contributed by atoms with Crippen LogP contribution in [0.5, 0.6) is 0 Å². The lowest BCUT2D eigenvalue weighted by Gasteiger charge is -2.12. The van der Waals surface area contributed by atoms with Crippen LogP contribution in [0.4, 0.5) is 10.3 Å². The first-order valence-electron chi connectivity index (χ1n) is 8.93. The van der Waals surface area contributed by atoms with Crippen molar-refractivity contribution in [2.75, 3.05) is 18.5 Å². The number of hydrogen-bond donors (Lipinski definition) is 1. The van der Waals surface area contributed by atoms with Crippen LogP contribution in [0, 0.1) is 12.7 Å². The Balaban J connectivity index is 1.84. The highest BCUT2D eigenvalue weighted by Crippen LogP contribution is 2.34. The molecule has 0 atom stereocenters. The van der Waals surface area contributed by atoms with E-state index in [9.17, 15) is 4.39 Å². The molecule has 0 fully saturated rings. The van der Waals surface area contributed by atoms with E-state index in [1.54, 1.807) is 23.8 Å². The summed E-state index contributed by atoms with van der Waals surface area (Å²) in [5.74, 6) is 0.297. The van der Waals surface area contributed by atoms with Crippen molar-refractivity contribution in [2.24, 2.45) is 0 Å². The Kier molecular flexibility index (Phi) is 6.47. The zero-order valence-electron chi connectivity index (χ0n) is 15.7. The molecule has 0 saturated heterocycles. The van der Waals surface area contributed by atoms with Crippen LogP contribution in [0.25, 0.3) is 21.7 Å². The normalized spacial score (nSPS) is 11.1. The van der Waals surface area contributed by atoms with Gasteiger partial charge >= 0.3 is 0 Å². The summed E-state index contributed by atoms with van der Waals surface area (Å²) in [6.07, 6.45) is 2.88. The molecule has 142 valence electrons. The molecule has 1 aromatic carbocycles. The van der Waals surface area contributed by atoms with Gasteiger partial charge in [-0.05, 0) is 44.9 Å². The van der Waals surface area contributed by atoms with Crippen molar-refractivity contribution >= 4 is 17.3 Å². The van der Waals surface area contributed by atoms with Crippen LogP contribution in [0.15, 0.2) is 36.0 Å². The molecule has 27 heavy (non-hydrogen) atoms. The highest BCUT2D eigenvalue weighted by Gasteiger charge is 2.15. The first kappa shape index (κ1) is 19.4. The van der Waals surface area contributed by atoms with Crippen molar-refractivity contribution in [1.29, 1.82) is 0 Å². The van der Waals surface area contributed by atoms with Gasteiger partial charge in [-0.3, -0.25) is 0 Å². The van der Waals surface area contributed by atoms with Crippen molar-refractivity contribution in [3.05, 3.63) is 47.5 Å². The van der Waals surface area contributed by atoms with Gasteiger partial charge in [0.05, 0.1) is 27.9 Å². The molecule has 2 heterocycles. The molecule has 0 amide bonds. The topological polar surface area (TPSA) is 59.9 Å². The lowest BCUT2D eigenvalue weighted by molar-refractivity contribution is 0.0787. The van der Waals surface area contributed by atoms with Gasteiger partial charge in [-0.2, -0.15) is 0 Å². The van der Waals surface area contributed by atoms with E-state index in [-0.39, 0.29) is 11.9 Å². The number of ether oxygens (including phenoxy) is 1. The average molecular weight is 386 g/mol. The van der Waals surface area contributed by atoms with Gasteiger partial charge in [0.2, 0.25) is 5.95 Å². The highest BCUT2D eigenvalue weighted by atomic mass is 32.1. The summed E-state index contributed by atoms with van der Waals surface area (Å²) in [5.41, 5.74) is 5.25. The molecule has 7 heteroatoms. The molecule has 0 aliphatic carbocycles. The van der Waals surface area contributed by atoms with E-state index in [1.165, 1.54) is 23.5 Å². The standard InChI is InChI=1S/C20H23FN4OS/c1-13(2)26-10-4-9-22-20-23-11-17(15-5-7-16(21)8-6-15)18(25-20)19-14(3)24-12-27-19/h5-8,11-13H,4,9-10H2,1-3H3,(H,22,23,25). The maximum Gasteiger partial charge on any atom is 0.223 e. The molecule has 0 bridgehead atoms. The fraction of sp³-hybridized carbons (Fsp3) is 0.350. The maximum atomic E-state index is 13.3. The Morgan fingerprint density at radius 3 is 2.63 bits per heavy atom. The molecular formula is C20H23FN4OS. The predicted molar refractivity (Wildman–Crippen MR) is 107 cm³/mol. The molecule has 5 nitrogen and oxygen atoms in total. The van der Waals surface area contributed by atoms with Crippen molar-refractivity contribution in [2.45, 2.75) is 33.3 Å². The van der Waals surface area contributed by atoms with Gasteiger partial charge in [-0.1, -0.05) is 12.1 Å². The summed E-state index contributed by atoms with van der Waals surface area (Å²) in [6, 6.07) is 6.37. The lowest BCUT2D eigenvalue weighted by atomic mass is 10.0. The number of rotatable bonds is 8. The summed E-state index contributed by atoms with van der Waals surface area (Å²) < 4.78 is 18.8. The summed E-state index contributed by atoms with van der Waals surface area (Å²) in [7, 11) is 0. The number of aryl methyl sites for hydroxylation is 1. The number of halogens is 1. The zero-order valence-corrected chi connectivity index (χ0v) is 16.5. The van der Waals surface area contributed by atoms with E-state index in [0.717, 1.165) is 40.4 Å². The van der Waals surface area contributed by atoms with Crippen LogP contribution in [0.3, 0.4) is 0 Å². The smallest absolute Gasteiger partial charge is 0.223 e. The quantitative estimate of drug-likeness (QED) is 0.556. The van der Waals surface area contributed by atoms with Crippen LogP contribution in [0.2, 0.25) is 0 Å². The molecule has 0 aliphatic heterocycles. The van der Waals surface area contributed by atoms with Crippen LogP contribution in [-0.4, -0.2) is 34.2 Å². The third-order valence-corrected chi connectivity index (χ3v) is 4.90. The van der Waals surface area contributed by atoms with Crippen molar-refractivity contribution < 1.29 is 9.13 Å². The van der Waals surface area contributed by atoms with Crippen molar-refractivity contribution in [1.82, 2.24) is 15.0 Å². The second-order valence-electron chi connectivity index (χ2n) is 6.43. The number of hydrogen-bond acceptors (Lipinski definition) is 6. The maximum absolute atomic E-state index is 13.3. The van der Waals surface area contributed by atoms with Gasteiger partial charge in [0.1, 0.15) is 5.82 Å². The molecule has 0 spiro atoms. The molecule has 0 aliphatic rings. The summed E-state index contributed by atoms with van der Waals surface area (Å²) in [5, 5.41) is 3.25. The van der Waals surface area contributed by atoms with Gasteiger partial charge in [0, 0.05) is 24.9 Å². The summed E-state index contributed by atoms with van der Waals surface area (Å²) in [4.78, 5) is 14.5. The first-order valence-corrected chi connectivity index (χ1v) is 9.81. The summed E-state index contributed by atoms with van der Waals surface area (Å²) >= 11 is 1.54. The minimum atomic E-state index is -0.267. The SMILES string of the molecule is Cc1ncsc1-c1nc(NCCCOC(C)C)ncc1-c1ccc(F)cc1. The molecule has 1 N–H and O–H groups in total. The number of benzene rings is 1. The number of nitrogens with one attached hydrogen (secondary N) is 1. The molecule has 0 radical (unpaired) electrons. The van der Waals surface area contributed by atoms with Crippen LogP contribution in [-0.2, 0) is 4.74 Å². The fourth-order valence-electron chi connectivity index (χ4n) is 2.60. The van der Waals surface area contributed by atoms with E-state index >= 15 is 0 Å². The first-order chi connectivity index (χ1) is 13.0. The summed E-state index contributed by atoms with van der Waals surface area (Å²) in [6.45, 7) is 7.42. The monoisotopic (exact) mass is 386 g/mol. The Bertz CT molecular complexity index is 880. The number of aromatic nitrogens is 3. The highest BCUT2D eigenvalue weighted by molar-refractivity contribution is 7.13. The molecular weight excluding hydrogens is 363 g/mol. The van der Waals surface area contributed by atoms with Crippen molar-refractivity contribution in [3.8, 4) is 21.7 Å². The number of thiazole rings is 1. The predicted octanol–water partition coefficient (Wildman–Crippen LogP) is 4.94. The van der Waals surface area contributed by atoms with Crippen LogP contribution < -0.4 is 5.32 Å². The number of anilines is 1. The van der Waals surface area contributed by atoms with E-state index in [2.05, 4.69) is 15.3 Å². The Morgan fingerprint density at radius 1 is 1.19 bits per heavy atom. The third-order valence-electron chi connectivity index (χ3n) is 3.96. The van der Waals surface area contributed by atoms with Gasteiger partial charge in [0.15, 0.2) is 0 Å². The van der Waals surface area contributed by atoms with Gasteiger partial charge in [-0.25, -0.2) is 19.3 Å². The third kappa shape index (κ3) is 5.08. The minimum Gasteiger partial charge on any atom is -0.379 e. The molecule has 3 aromatic rings. The molecule has 2 aromatic heterocycles. The van der Waals surface area contributed by atoms with Gasteiger partial charge in [0.25, 0.3) is 0 Å². The molecule has 0 unspecified atom stereocenters. The Morgan fingerprint density at radius 2 is 1.96 bits per heavy atom. The van der Waals surface area contributed by atoms with E-state index in [1.807, 2.05) is 20.8 Å². The van der Waals surface area contributed by atoms with Crippen LogP contribution in [0.1, 0.15) is 26.0 Å². The second-order valence-corrected chi connectivity index (χ2v) is 7.28. The van der Waals surface area contributed by atoms with Crippen molar-refractivity contribution in [3.63, 3.8) is 0 Å². The van der Waals surface area contributed by atoms with Gasteiger partial charge in [-0.15, -0.1) is 11.3 Å². The van der Waals surface area contributed by atoms with E-state index in [4.69, 9.17) is 9.72 Å². The lowest BCUT2D eigenvalue weighted by Crippen LogP contribution is -2.11. The Labute approximate surface area is 162 Å². The fourth-order valence-corrected chi connectivity index (χ4v) is 3.41. The largest absolute Gasteiger partial charge is 0.379 e. The minimum absolute atomic E-state index is 0.233. The Hall–Kier alpha value is -2.38. The molecule has 3 rings (SSSR count). The average Bonchev–Trinajstić information content (AvgIpc) is 3.08. The van der Waals surface area contributed by atoms with E-state index < -0.39 is 0 Å². The van der Waals surface area contributed by atoms with E-state index in [0.29, 0.717) is 12.6 Å².